The summed E-state index contributed by atoms with van der Waals surface area (Å²) in [6.07, 6.45) is 6.06. The largest absolute Gasteiger partial charge is 0.306 e. The second-order valence-electron chi connectivity index (χ2n) is 6.56. The van der Waals surface area contributed by atoms with Crippen molar-refractivity contribution in [2.45, 2.75) is 51.7 Å². The number of hydrogen-bond donors (Lipinski definition) is 1. The van der Waals surface area contributed by atoms with Crippen LogP contribution < -0.4 is 5.32 Å². The fraction of sp³-hybridized carbons (Fsp3) is 0.400. The Bertz CT molecular complexity index is 816. The molecular formula is C20H23ClN4. The van der Waals surface area contributed by atoms with Crippen molar-refractivity contribution in [3.05, 3.63) is 64.0 Å². The highest BCUT2D eigenvalue weighted by Crippen LogP contribution is 2.33. The van der Waals surface area contributed by atoms with Crippen molar-refractivity contribution in [1.29, 1.82) is 5.26 Å². The molecule has 0 amide bonds. The van der Waals surface area contributed by atoms with E-state index in [1.807, 2.05) is 22.9 Å². The Morgan fingerprint density at radius 2 is 2.20 bits per heavy atom. The lowest BCUT2D eigenvalue weighted by Gasteiger charge is -2.15. The Morgan fingerprint density at radius 3 is 2.96 bits per heavy atom. The van der Waals surface area contributed by atoms with Gasteiger partial charge in [-0.25, -0.2) is 0 Å². The van der Waals surface area contributed by atoms with Gasteiger partial charge in [-0.3, -0.25) is 4.68 Å². The van der Waals surface area contributed by atoms with Crippen molar-refractivity contribution >= 4 is 11.6 Å². The van der Waals surface area contributed by atoms with E-state index in [9.17, 15) is 0 Å². The van der Waals surface area contributed by atoms with Gasteiger partial charge in [-0.1, -0.05) is 35.9 Å². The molecule has 130 valence electrons. The average molecular weight is 355 g/mol. The molecule has 5 heteroatoms. The zero-order valence-corrected chi connectivity index (χ0v) is 15.4. The van der Waals surface area contributed by atoms with Crippen LogP contribution in [0.15, 0.2) is 36.4 Å². The fourth-order valence-corrected chi connectivity index (χ4v) is 3.79. The molecule has 0 bridgehead atoms. The van der Waals surface area contributed by atoms with Crippen LogP contribution in [0.25, 0.3) is 0 Å². The Labute approximate surface area is 154 Å². The first-order valence-electron chi connectivity index (χ1n) is 8.65. The van der Waals surface area contributed by atoms with Gasteiger partial charge in [0.25, 0.3) is 0 Å². The number of aromatic nitrogens is 2. The summed E-state index contributed by atoms with van der Waals surface area (Å²) < 4.78 is 1.97. The van der Waals surface area contributed by atoms with E-state index < -0.39 is 0 Å². The van der Waals surface area contributed by atoms with Gasteiger partial charge in [-0.15, -0.1) is 0 Å². The van der Waals surface area contributed by atoms with Crippen LogP contribution in [0, 0.1) is 25.2 Å². The van der Waals surface area contributed by atoms with Crippen LogP contribution in [0.1, 0.15) is 41.3 Å². The van der Waals surface area contributed by atoms with Crippen molar-refractivity contribution in [3.8, 4) is 6.07 Å². The van der Waals surface area contributed by atoms with E-state index in [-0.39, 0.29) is 0 Å². The molecule has 1 aromatic heterocycles. The third-order valence-electron chi connectivity index (χ3n) is 4.78. The van der Waals surface area contributed by atoms with E-state index in [2.05, 4.69) is 48.6 Å². The predicted octanol–water partition coefficient (Wildman–Crippen LogP) is 4.27. The monoisotopic (exact) mass is 354 g/mol. The summed E-state index contributed by atoms with van der Waals surface area (Å²) >= 11 is 6.05. The molecule has 3 rings (SSSR count). The second kappa shape index (κ2) is 7.86. The SMILES string of the molecule is Cc1nn(CCC#N)c(C)c1C1C=CC(NCc2cccc(Cl)c2)C1. The van der Waals surface area contributed by atoms with Crippen molar-refractivity contribution in [2.24, 2.45) is 0 Å². The maximum absolute atomic E-state index is 8.79. The summed E-state index contributed by atoms with van der Waals surface area (Å²) in [6, 6.07) is 10.5. The zero-order chi connectivity index (χ0) is 17.8. The molecule has 1 aliphatic rings. The summed E-state index contributed by atoms with van der Waals surface area (Å²) in [6.45, 7) is 5.64. The molecule has 1 N–H and O–H groups in total. The molecule has 0 radical (unpaired) electrons. The maximum atomic E-state index is 8.79. The Hall–Kier alpha value is -2.09. The number of allylic oxidation sites excluding steroid dienone is 1. The van der Waals surface area contributed by atoms with Crippen molar-refractivity contribution in [1.82, 2.24) is 15.1 Å². The molecule has 2 unspecified atom stereocenters. The lowest BCUT2D eigenvalue weighted by molar-refractivity contribution is 0.557. The number of nitriles is 1. The molecular weight excluding hydrogens is 332 g/mol. The summed E-state index contributed by atoms with van der Waals surface area (Å²) in [5, 5.41) is 17.8. The molecule has 0 saturated carbocycles. The van der Waals surface area contributed by atoms with Crippen LogP contribution in [-0.4, -0.2) is 15.8 Å². The molecule has 2 atom stereocenters. The van der Waals surface area contributed by atoms with E-state index >= 15 is 0 Å². The minimum atomic E-state index is 0.352. The van der Waals surface area contributed by atoms with Gasteiger partial charge in [0.2, 0.25) is 0 Å². The van der Waals surface area contributed by atoms with Crippen LogP contribution in [0.4, 0.5) is 0 Å². The number of rotatable bonds is 6. The van der Waals surface area contributed by atoms with Crippen LogP contribution in [-0.2, 0) is 13.1 Å². The number of nitrogens with zero attached hydrogens (tertiary/aromatic N) is 3. The number of halogens is 1. The van der Waals surface area contributed by atoms with Crippen LogP contribution >= 0.6 is 11.6 Å². The van der Waals surface area contributed by atoms with Crippen molar-refractivity contribution in [3.63, 3.8) is 0 Å². The molecule has 0 saturated heterocycles. The first kappa shape index (κ1) is 17.7. The van der Waals surface area contributed by atoms with Gasteiger partial charge in [-0.05, 0) is 38.0 Å². The number of benzene rings is 1. The lowest BCUT2D eigenvalue weighted by Crippen LogP contribution is -2.25. The molecule has 1 heterocycles. The van der Waals surface area contributed by atoms with E-state index in [0.717, 1.165) is 23.7 Å². The fourth-order valence-electron chi connectivity index (χ4n) is 3.58. The lowest BCUT2D eigenvalue weighted by atomic mass is 9.96. The predicted molar refractivity (Wildman–Crippen MR) is 101 cm³/mol. The van der Waals surface area contributed by atoms with Gasteiger partial charge in [0, 0.05) is 34.8 Å². The molecule has 1 aromatic carbocycles. The highest BCUT2D eigenvalue weighted by Gasteiger charge is 2.25. The summed E-state index contributed by atoms with van der Waals surface area (Å²) in [4.78, 5) is 0. The van der Waals surface area contributed by atoms with Crippen LogP contribution in [0.2, 0.25) is 5.02 Å². The van der Waals surface area contributed by atoms with E-state index in [4.69, 9.17) is 16.9 Å². The molecule has 4 nitrogen and oxygen atoms in total. The molecule has 0 aliphatic heterocycles. The van der Waals surface area contributed by atoms with Gasteiger partial charge >= 0.3 is 0 Å². The number of nitrogens with one attached hydrogen (secondary N) is 1. The maximum Gasteiger partial charge on any atom is 0.0641 e. The van der Waals surface area contributed by atoms with Crippen LogP contribution in [0.5, 0.6) is 0 Å². The molecule has 0 spiro atoms. The first-order chi connectivity index (χ1) is 12.1. The van der Waals surface area contributed by atoms with Crippen LogP contribution in [0.3, 0.4) is 0 Å². The highest BCUT2D eigenvalue weighted by atomic mass is 35.5. The third-order valence-corrected chi connectivity index (χ3v) is 5.02. The van der Waals surface area contributed by atoms with E-state index in [1.54, 1.807) is 0 Å². The van der Waals surface area contributed by atoms with Crippen molar-refractivity contribution < 1.29 is 0 Å². The molecule has 2 aromatic rings. The average Bonchev–Trinajstić information content (AvgIpc) is 3.15. The summed E-state index contributed by atoms with van der Waals surface area (Å²) in [5.74, 6) is 0.382. The highest BCUT2D eigenvalue weighted by molar-refractivity contribution is 6.30. The zero-order valence-electron chi connectivity index (χ0n) is 14.7. The van der Waals surface area contributed by atoms with Crippen molar-refractivity contribution in [2.75, 3.05) is 0 Å². The Kier molecular flexibility index (Phi) is 5.57. The van der Waals surface area contributed by atoms with E-state index in [0.29, 0.717) is 24.9 Å². The topological polar surface area (TPSA) is 53.6 Å². The number of aryl methyl sites for hydroxylation is 2. The minimum absolute atomic E-state index is 0.352. The second-order valence-corrected chi connectivity index (χ2v) is 7.00. The Morgan fingerprint density at radius 1 is 1.36 bits per heavy atom. The molecule has 1 aliphatic carbocycles. The van der Waals surface area contributed by atoms with E-state index in [1.165, 1.54) is 16.8 Å². The molecule has 0 fully saturated rings. The van der Waals surface area contributed by atoms with Gasteiger partial charge in [0.05, 0.1) is 24.7 Å². The third kappa shape index (κ3) is 4.12. The van der Waals surface area contributed by atoms with Gasteiger partial charge in [0.1, 0.15) is 0 Å². The van der Waals surface area contributed by atoms with Gasteiger partial charge in [-0.2, -0.15) is 10.4 Å². The number of hydrogen-bond acceptors (Lipinski definition) is 3. The normalized spacial score (nSPS) is 19.3. The quantitative estimate of drug-likeness (QED) is 0.788. The summed E-state index contributed by atoms with van der Waals surface area (Å²) in [7, 11) is 0. The molecule has 25 heavy (non-hydrogen) atoms. The van der Waals surface area contributed by atoms with Gasteiger partial charge in [0.15, 0.2) is 0 Å². The summed E-state index contributed by atoms with van der Waals surface area (Å²) in [5.41, 5.74) is 4.75. The standard InChI is InChI=1S/C20H23ClN4/c1-14-20(15(2)25(24-14)10-4-9-22)17-7-8-19(12-17)23-13-16-5-3-6-18(21)11-16/h3,5-8,11,17,19,23H,4,10,12-13H2,1-2H3. The smallest absolute Gasteiger partial charge is 0.0641 e. The first-order valence-corrected chi connectivity index (χ1v) is 9.03. The Balaban J connectivity index is 1.62. The minimum Gasteiger partial charge on any atom is -0.306 e. The van der Waals surface area contributed by atoms with Gasteiger partial charge < -0.3 is 5.32 Å².